The fourth-order valence-electron chi connectivity index (χ4n) is 2.25. The third kappa shape index (κ3) is 6.70. The highest BCUT2D eigenvalue weighted by molar-refractivity contribution is 14.0. The van der Waals surface area contributed by atoms with Crippen LogP contribution >= 0.6 is 24.0 Å². The van der Waals surface area contributed by atoms with Crippen molar-refractivity contribution in [1.29, 1.82) is 0 Å². The van der Waals surface area contributed by atoms with E-state index in [0.29, 0.717) is 19.0 Å². The van der Waals surface area contributed by atoms with E-state index >= 15 is 0 Å². The van der Waals surface area contributed by atoms with E-state index in [1.165, 1.54) is 0 Å². The number of halogens is 1. The van der Waals surface area contributed by atoms with Crippen LogP contribution in [0.2, 0.25) is 0 Å². The predicted molar refractivity (Wildman–Crippen MR) is 112 cm³/mol. The maximum Gasteiger partial charge on any atom is 0.191 e. The van der Waals surface area contributed by atoms with Crippen LogP contribution in [-0.2, 0) is 13.1 Å². The van der Waals surface area contributed by atoms with Crippen LogP contribution in [0.15, 0.2) is 35.6 Å². The van der Waals surface area contributed by atoms with Crippen LogP contribution in [0.4, 0.5) is 0 Å². The largest absolute Gasteiger partial charge is 0.497 e. The summed E-state index contributed by atoms with van der Waals surface area (Å²) in [5, 5.41) is 14.5. The van der Waals surface area contributed by atoms with Crippen LogP contribution in [0.3, 0.4) is 0 Å². The van der Waals surface area contributed by atoms with E-state index in [2.05, 4.69) is 32.7 Å². The molecule has 9 heteroatoms. The molecule has 1 heterocycles. The second-order valence-corrected chi connectivity index (χ2v) is 5.45. The fourth-order valence-corrected chi connectivity index (χ4v) is 2.25. The number of rotatable bonds is 8. The number of methoxy groups -OCH3 is 1. The lowest BCUT2D eigenvalue weighted by Gasteiger charge is -2.18. The zero-order valence-electron chi connectivity index (χ0n) is 15.6. The lowest BCUT2D eigenvalue weighted by atomic mass is 10.3. The van der Waals surface area contributed by atoms with Gasteiger partial charge in [-0.1, -0.05) is 6.07 Å². The normalized spacial score (nSPS) is 12.1. The standard InChI is InChI=1S/C17H26N6O2.HI/c1-5-23-12-21-22-16(23)11-20-17(18-3)19-10-13(2)25-15-8-6-7-14(9-15)24-4;/h6-9,12-13H,5,10-11H2,1-4H3,(H2,18,19,20);1H. The molecule has 26 heavy (non-hydrogen) atoms. The number of benzene rings is 1. The zero-order chi connectivity index (χ0) is 18.1. The third-order valence-electron chi connectivity index (χ3n) is 3.61. The van der Waals surface area contributed by atoms with Gasteiger partial charge in [-0.3, -0.25) is 4.99 Å². The summed E-state index contributed by atoms with van der Waals surface area (Å²) in [6.45, 7) is 6.04. The van der Waals surface area contributed by atoms with Crippen molar-refractivity contribution >= 4 is 29.9 Å². The Bertz CT molecular complexity index is 691. The number of nitrogens with one attached hydrogen (secondary N) is 2. The number of hydrogen-bond donors (Lipinski definition) is 2. The number of guanidine groups is 1. The summed E-state index contributed by atoms with van der Waals surface area (Å²) in [4.78, 5) is 4.21. The maximum absolute atomic E-state index is 5.89. The summed E-state index contributed by atoms with van der Waals surface area (Å²) in [5.74, 6) is 3.10. The van der Waals surface area contributed by atoms with E-state index in [1.54, 1.807) is 20.5 Å². The van der Waals surface area contributed by atoms with Gasteiger partial charge in [0, 0.05) is 19.7 Å². The summed E-state index contributed by atoms with van der Waals surface area (Å²) in [6.07, 6.45) is 1.68. The van der Waals surface area contributed by atoms with Crippen LogP contribution in [0.1, 0.15) is 19.7 Å². The van der Waals surface area contributed by atoms with Gasteiger partial charge in [-0.05, 0) is 26.0 Å². The monoisotopic (exact) mass is 474 g/mol. The van der Waals surface area contributed by atoms with Crippen molar-refractivity contribution in [2.45, 2.75) is 33.0 Å². The Hall–Kier alpha value is -2.04. The van der Waals surface area contributed by atoms with E-state index in [4.69, 9.17) is 9.47 Å². The van der Waals surface area contributed by atoms with Crippen molar-refractivity contribution in [1.82, 2.24) is 25.4 Å². The van der Waals surface area contributed by atoms with Crippen molar-refractivity contribution in [3.05, 3.63) is 36.4 Å². The molecule has 0 fully saturated rings. The summed E-state index contributed by atoms with van der Waals surface area (Å²) in [7, 11) is 3.37. The lowest BCUT2D eigenvalue weighted by molar-refractivity contribution is 0.223. The van der Waals surface area contributed by atoms with E-state index in [1.807, 2.05) is 35.8 Å². The highest BCUT2D eigenvalue weighted by Gasteiger charge is 2.08. The van der Waals surface area contributed by atoms with Gasteiger partial charge >= 0.3 is 0 Å². The van der Waals surface area contributed by atoms with Gasteiger partial charge in [-0.15, -0.1) is 34.2 Å². The van der Waals surface area contributed by atoms with E-state index < -0.39 is 0 Å². The second-order valence-electron chi connectivity index (χ2n) is 5.45. The summed E-state index contributed by atoms with van der Waals surface area (Å²) < 4.78 is 13.1. The molecular weight excluding hydrogens is 447 g/mol. The van der Waals surface area contributed by atoms with Gasteiger partial charge in [0.1, 0.15) is 23.9 Å². The molecule has 0 aliphatic heterocycles. The van der Waals surface area contributed by atoms with Crippen LogP contribution in [0.5, 0.6) is 11.5 Å². The van der Waals surface area contributed by atoms with Crippen LogP contribution in [-0.4, -0.2) is 47.5 Å². The average Bonchev–Trinajstić information content (AvgIpc) is 3.09. The average molecular weight is 474 g/mol. The van der Waals surface area contributed by atoms with Gasteiger partial charge in [-0.25, -0.2) is 0 Å². The van der Waals surface area contributed by atoms with E-state index in [-0.39, 0.29) is 30.1 Å². The Morgan fingerprint density at radius 2 is 2.08 bits per heavy atom. The first kappa shape index (κ1) is 22.0. The molecule has 2 rings (SSSR count). The summed E-state index contributed by atoms with van der Waals surface area (Å²) >= 11 is 0. The van der Waals surface area contributed by atoms with Crippen LogP contribution in [0.25, 0.3) is 0 Å². The Kier molecular flexibility index (Phi) is 9.78. The zero-order valence-corrected chi connectivity index (χ0v) is 17.9. The van der Waals surface area contributed by atoms with E-state index in [9.17, 15) is 0 Å². The molecule has 0 aliphatic rings. The first-order valence-corrected chi connectivity index (χ1v) is 8.28. The van der Waals surface area contributed by atoms with Crippen molar-refractivity contribution in [3.8, 4) is 11.5 Å². The number of hydrogen-bond acceptors (Lipinski definition) is 5. The molecule has 0 spiro atoms. The van der Waals surface area contributed by atoms with Gasteiger partial charge in [0.05, 0.1) is 20.2 Å². The molecular formula is C17H27IN6O2. The molecule has 1 unspecified atom stereocenters. The Balaban J connectivity index is 0.00000338. The molecule has 144 valence electrons. The van der Waals surface area contributed by atoms with Gasteiger partial charge in [0.2, 0.25) is 0 Å². The first-order chi connectivity index (χ1) is 12.2. The smallest absolute Gasteiger partial charge is 0.191 e. The van der Waals surface area contributed by atoms with Gasteiger partial charge in [-0.2, -0.15) is 0 Å². The highest BCUT2D eigenvalue weighted by atomic mass is 127. The lowest BCUT2D eigenvalue weighted by Crippen LogP contribution is -2.41. The maximum atomic E-state index is 5.89. The molecule has 0 saturated carbocycles. The minimum atomic E-state index is -0.0371. The second kappa shape index (κ2) is 11.6. The molecule has 0 aliphatic carbocycles. The highest BCUT2D eigenvalue weighted by Crippen LogP contribution is 2.19. The van der Waals surface area contributed by atoms with Gasteiger partial charge < -0.3 is 24.7 Å². The van der Waals surface area contributed by atoms with Crippen molar-refractivity contribution < 1.29 is 9.47 Å². The number of aliphatic imine (C=N–C) groups is 1. The molecule has 0 radical (unpaired) electrons. The van der Waals surface area contributed by atoms with Crippen LogP contribution in [0, 0.1) is 0 Å². The number of aromatic nitrogens is 3. The molecule has 0 amide bonds. The van der Waals surface area contributed by atoms with Crippen LogP contribution < -0.4 is 20.1 Å². The Morgan fingerprint density at radius 1 is 1.31 bits per heavy atom. The molecule has 1 aromatic carbocycles. The minimum absolute atomic E-state index is 0. The number of nitrogens with zero attached hydrogens (tertiary/aromatic N) is 4. The fraction of sp³-hybridized carbons (Fsp3) is 0.471. The summed E-state index contributed by atoms with van der Waals surface area (Å²) in [5.41, 5.74) is 0. The Labute approximate surface area is 171 Å². The molecule has 2 N–H and O–H groups in total. The first-order valence-electron chi connectivity index (χ1n) is 8.28. The van der Waals surface area contributed by atoms with Gasteiger partial charge in [0.25, 0.3) is 0 Å². The van der Waals surface area contributed by atoms with Crippen molar-refractivity contribution in [2.75, 3.05) is 20.7 Å². The molecule has 0 bridgehead atoms. The molecule has 8 nitrogen and oxygen atoms in total. The molecule has 2 aromatic rings. The number of ether oxygens (including phenoxy) is 2. The van der Waals surface area contributed by atoms with Crippen molar-refractivity contribution in [2.24, 2.45) is 4.99 Å². The molecule has 1 atom stereocenters. The minimum Gasteiger partial charge on any atom is -0.497 e. The SMILES string of the molecule is CCn1cnnc1CNC(=NC)NCC(C)Oc1cccc(OC)c1.I. The molecule has 0 saturated heterocycles. The quantitative estimate of drug-likeness (QED) is 0.346. The van der Waals surface area contributed by atoms with Crippen molar-refractivity contribution in [3.63, 3.8) is 0 Å². The van der Waals surface area contributed by atoms with E-state index in [0.717, 1.165) is 23.9 Å². The molecule has 1 aromatic heterocycles. The third-order valence-corrected chi connectivity index (χ3v) is 3.61. The number of aryl methyl sites for hydroxylation is 1. The topological polar surface area (TPSA) is 85.6 Å². The predicted octanol–water partition coefficient (Wildman–Crippen LogP) is 2.06. The Morgan fingerprint density at radius 3 is 2.77 bits per heavy atom. The van der Waals surface area contributed by atoms with Gasteiger partial charge in [0.15, 0.2) is 11.8 Å². The summed E-state index contributed by atoms with van der Waals surface area (Å²) in [6, 6.07) is 7.56.